The highest BCUT2D eigenvalue weighted by molar-refractivity contribution is 6.32. The van der Waals surface area contributed by atoms with E-state index in [9.17, 15) is 18.0 Å². The minimum atomic E-state index is -4.51. The van der Waals surface area contributed by atoms with Crippen LogP contribution in [0, 0.1) is 0 Å². The molecule has 0 amide bonds. The SMILES string of the molecule is O=c1c(Cl)c(NCCCNC2CC2)cnn1CC(F)(F)F. The van der Waals surface area contributed by atoms with Crippen LogP contribution in [0.4, 0.5) is 18.9 Å². The first-order valence-corrected chi connectivity index (χ1v) is 7.04. The molecular weight excluding hydrogens is 309 g/mol. The monoisotopic (exact) mass is 324 g/mol. The fourth-order valence-electron chi connectivity index (χ4n) is 1.78. The number of anilines is 1. The number of hydrogen-bond donors (Lipinski definition) is 2. The van der Waals surface area contributed by atoms with Crippen LogP contribution in [-0.2, 0) is 6.54 Å². The Bertz CT molecular complexity index is 542. The Labute approximate surface area is 124 Å². The van der Waals surface area contributed by atoms with E-state index in [-0.39, 0.29) is 10.7 Å². The Kier molecular flexibility index (Phi) is 5.10. The van der Waals surface area contributed by atoms with Gasteiger partial charge in [0.05, 0.1) is 11.9 Å². The minimum Gasteiger partial charge on any atom is -0.382 e. The van der Waals surface area contributed by atoms with Crippen LogP contribution in [0.1, 0.15) is 19.3 Å². The maximum atomic E-state index is 12.2. The Morgan fingerprint density at radius 2 is 2.10 bits per heavy atom. The van der Waals surface area contributed by atoms with Crippen molar-refractivity contribution >= 4 is 17.3 Å². The fraction of sp³-hybridized carbons (Fsp3) is 0.667. The molecule has 0 unspecified atom stereocenters. The van der Waals surface area contributed by atoms with Crippen molar-refractivity contribution in [2.75, 3.05) is 18.4 Å². The van der Waals surface area contributed by atoms with Crippen LogP contribution < -0.4 is 16.2 Å². The number of rotatable bonds is 7. The molecule has 118 valence electrons. The molecule has 2 rings (SSSR count). The third-order valence-corrected chi connectivity index (χ3v) is 3.36. The highest BCUT2D eigenvalue weighted by Crippen LogP contribution is 2.19. The number of hydrogen-bond acceptors (Lipinski definition) is 4. The quantitative estimate of drug-likeness (QED) is 0.753. The largest absolute Gasteiger partial charge is 0.408 e. The number of nitrogens with zero attached hydrogens (tertiary/aromatic N) is 2. The van der Waals surface area contributed by atoms with E-state index in [1.165, 1.54) is 12.8 Å². The van der Waals surface area contributed by atoms with Crippen LogP contribution in [0.5, 0.6) is 0 Å². The summed E-state index contributed by atoms with van der Waals surface area (Å²) in [5.74, 6) is 0. The van der Waals surface area contributed by atoms with Gasteiger partial charge in [0.2, 0.25) is 0 Å². The van der Waals surface area contributed by atoms with E-state index < -0.39 is 18.3 Å². The minimum absolute atomic E-state index is 0.256. The lowest BCUT2D eigenvalue weighted by Gasteiger charge is -2.11. The van der Waals surface area contributed by atoms with E-state index in [1.807, 2.05) is 0 Å². The van der Waals surface area contributed by atoms with E-state index >= 15 is 0 Å². The molecule has 1 aromatic heterocycles. The predicted molar refractivity (Wildman–Crippen MR) is 73.7 cm³/mol. The van der Waals surface area contributed by atoms with E-state index in [4.69, 9.17) is 11.6 Å². The highest BCUT2D eigenvalue weighted by atomic mass is 35.5. The summed E-state index contributed by atoms with van der Waals surface area (Å²) in [6.45, 7) is -0.0468. The second-order valence-corrected chi connectivity index (χ2v) is 5.34. The average molecular weight is 325 g/mol. The highest BCUT2D eigenvalue weighted by Gasteiger charge is 2.29. The zero-order valence-electron chi connectivity index (χ0n) is 11.2. The Morgan fingerprint density at radius 3 is 2.71 bits per heavy atom. The van der Waals surface area contributed by atoms with Crippen LogP contribution in [0.25, 0.3) is 0 Å². The molecule has 2 N–H and O–H groups in total. The van der Waals surface area contributed by atoms with Crippen molar-refractivity contribution in [2.24, 2.45) is 0 Å². The van der Waals surface area contributed by atoms with Crippen molar-refractivity contribution in [1.29, 1.82) is 0 Å². The summed E-state index contributed by atoms with van der Waals surface area (Å²) in [5.41, 5.74) is -0.693. The van der Waals surface area contributed by atoms with Crippen molar-refractivity contribution < 1.29 is 13.2 Å². The molecule has 1 aliphatic rings. The first kappa shape index (κ1) is 16.1. The molecule has 0 aromatic carbocycles. The lowest BCUT2D eigenvalue weighted by molar-refractivity contribution is -0.143. The first-order chi connectivity index (χ1) is 9.87. The molecule has 0 radical (unpaired) electrons. The summed E-state index contributed by atoms with van der Waals surface area (Å²) in [7, 11) is 0. The summed E-state index contributed by atoms with van der Waals surface area (Å²) in [6.07, 6.45) is -0.132. The van der Waals surface area contributed by atoms with Crippen molar-refractivity contribution in [2.45, 2.75) is 38.0 Å². The van der Waals surface area contributed by atoms with Crippen molar-refractivity contribution in [3.8, 4) is 0 Å². The third-order valence-electron chi connectivity index (χ3n) is 2.99. The Morgan fingerprint density at radius 1 is 1.38 bits per heavy atom. The molecule has 0 aliphatic heterocycles. The van der Waals surface area contributed by atoms with Gasteiger partial charge in [0.15, 0.2) is 0 Å². The molecule has 1 saturated carbocycles. The summed E-state index contributed by atoms with van der Waals surface area (Å²) in [5, 5.41) is 9.44. The summed E-state index contributed by atoms with van der Waals surface area (Å²) in [4.78, 5) is 11.7. The second-order valence-electron chi connectivity index (χ2n) is 4.96. The maximum absolute atomic E-state index is 12.2. The lowest BCUT2D eigenvalue weighted by atomic mass is 10.3. The average Bonchev–Trinajstić information content (AvgIpc) is 3.20. The molecule has 1 heterocycles. The first-order valence-electron chi connectivity index (χ1n) is 6.66. The zero-order chi connectivity index (χ0) is 15.5. The van der Waals surface area contributed by atoms with Gasteiger partial charge in [-0.25, -0.2) is 4.68 Å². The van der Waals surface area contributed by atoms with Crippen LogP contribution in [-0.4, -0.2) is 35.1 Å². The molecule has 1 fully saturated rings. The standard InChI is InChI=1S/C12H16ClF3N4O/c13-10-9(18-5-1-4-17-8-2-3-8)6-19-20(11(10)21)7-12(14,15)16/h6,8,17-18H,1-5,7H2. The van der Waals surface area contributed by atoms with Crippen molar-refractivity contribution in [1.82, 2.24) is 15.1 Å². The fourth-order valence-corrected chi connectivity index (χ4v) is 1.99. The number of aromatic nitrogens is 2. The molecule has 9 heteroatoms. The van der Waals surface area contributed by atoms with Gasteiger partial charge >= 0.3 is 6.18 Å². The molecule has 0 bridgehead atoms. The molecule has 21 heavy (non-hydrogen) atoms. The topological polar surface area (TPSA) is 59.0 Å². The van der Waals surface area contributed by atoms with Crippen LogP contribution in [0.3, 0.4) is 0 Å². The van der Waals surface area contributed by atoms with Gasteiger partial charge in [0, 0.05) is 12.6 Å². The maximum Gasteiger partial charge on any atom is 0.408 e. The van der Waals surface area contributed by atoms with E-state index in [0.717, 1.165) is 19.2 Å². The van der Waals surface area contributed by atoms with E-state index in [1.54, 1.807) is 0 Å². The molecule has 0 atom stereocenters. The summed E-state index contributed by atoms with van der Waals surface area (Å²) in [6, 6.07) is 0.626. The predicted octanol–water partition coefficient (Wildman–Crippen LogP) is 2.01. The van der Waals surface area contributed by atoms with Gasteiger partial charge in [-0.1, -0.05) is 11.6 Å². The summed E-state index contributed by atoms with van der Waals surface area (Å²) >= 11 is 5.78. The van der Waals surface area contributed by atoms with Gasteiger partial charge in [-0.3, -0.25) is 4.79 Å². The molecule has 1 aliphatic carbocycles. The van der Waals surface area contributed by atoms with Crippen molar-refractivity contribution in [3.63, 3.8) is 0 Å². The molecule has 0 spiro atoms. The Hall–Kier alpha value is -1.28. The van der Waals surface area contributed by atoms with Gasteiger partial charge in [0.1, 0.15) is 11.6 Å². The normalized spacial score (nSPS) is 15.2. The van der Waals surface area contributed by atoms with E-state index in [2.05, 4.69) is 15.7 Å². The van der Waals surface area contributed by atoms with Crippen molar-refractivity contribution in [3.05, 3.63) is 21.6 Å². The number of nitrogens with one attached hydrogen (secondary N) is 2. The van der Waals surface area contributed by atoms with Gasteiger partial charge in [-0.15, -0.1) is 0 Å². The number of alkyl halides is 3. The van der Waals surface area contributed by atoms with Crippen LogP contribution >= 0.6 is 11.6 Å². The van der Waals surface area contributed by atoms with Gasteiger partial charge in [-0.2, -0.15) is 18.3 Å². The zero-order valence-corrected chi connectivity index (χ0v) is 12.0. The molecule has 5 nitrogen and oxygen atoms in total. The van der Waals surface area contributed by atoms with Gasteiger partial charge < -0.3 is 10.6 Å². The number of halogens is 4. The van der Waals surface area contributed by atoms with Gasteiger partial charge in [0.25, 0.3) is 5.56 Å². The molecule has 1 aromatic rings. The lowest BCUT2D eigenvalue weighted by Crippen LogP contribution is -2.31. The smallest absolute Gasteiger partial charge is 0.382 e. The van der Waals surface area contributed by atoms with Crippen LogP contribution in [0.2, 0.25) is 5.02 Å². The van der Waals surface area contributed by atoms with E-state index in [0.29, 0.717) is 17.3 Å². The molecule has 0 saturated heterocycles. The molecular formula is C12H16ClF3N4O. The third kappa shape index (κ3) is 5.20. The second kappa shape index (κ2) is 6.65. The Balaban J connectivity index is 1.88. The van der Waals surface area contributed by atoms with Crippen LogP contribution in [0.15, 0.2) is 11.0 Å². The summed E-state index contributed by atoms with van der Waals surface area (Å²) < 4.78 is 37.0. The van der Waals surface area contributed by atoms with Gasteiger partial charge in [-0.05, 0) is 25.8 Å².